The first-order chi connectivity index (χ1) is 10.5. The van der Waals surface area contributed by atoms with E-state index in [0.29, 0.717) is 19.4 Å². The Morgan fingerprint density at radius 3 is 2.77 bits per heavy atom. The van der Waals surface area contributed by atoms with Crippen LogP contribution in [0.1, 0.15) is 50.1 Å². The van der Waals surface area contributed by atoms with Crippen LogP contribution in [0.25, 0.3) is 0 Å². The highest BCUT2D eigenvalue weighted by Crippen LogP contribution is 2.40. The van der Waals surface area contributed by atoms with Crippen LogP contribution in [0.15, 0.2) is 24.3 Å². The summed E-state index contributed by atoms with van der Waals surface area (Å²) in [6, 6.07) is 6.05. The highest BCUT2D eigenvalue weighted by molar-refractivity contribution is 5.79. The minimum atomic E-state index is -2.73. The van der Waals surface area contributed by atoms with Gasteiger partial charge in [-0.1, -0.05) is 12.1 Å². The Balaban J connectivity index is 1.76. The lowest BCUT2D eigenvalue weighted by Crippen LogP contribution is -2.40. The third-order valence-corrected chi connectivity index (χ3v) is 4.76. The predicted octanol–water partition coefficient (Wildman–Crippen LogP) is 4.31. The maximum atomic E-state index is 13.6. The van der Waals surface area contributed by atoms with Crippen LogP contribution in [0.4, 0.5) is 13.2 Å². The van der Waals surface area contributed by atoms with Crippen molar-refractivity contribution in [2.24, 2.45) is 5.92 Å². The number of hydrogen-bond donors (Lipinski definition) is 0. The van der Waals surface area contributed by atoms with Crippen LogP contribution in [0, 0.1) is 11.7 Å². The second-order valence-corrected chi connectivity index (χ2v) is 6.39. The van der Waals surface area contributed by atoms with Crippen LogP contribution in [0.3, 0.4) is 0 Å². The maximum Gasteiger partial charge on any atom is 0.248 e. The van der Waals surface area contributed by atoms with Gasteiger partial charge in [0.05, 0.1) is 6.04 Å². The fraction of sp³-hybridized carbons (Fsp3) is 0.588. The fourth-order valence-corrected chi connectivity index (χ4v) is 3.71. The standard InChI is InChI=1S/C17H20F3NO/c18-14-6-1-4-12(10-14)15-7-3-9-21(15)16(22)13-5-2-8-17(19,20)11-13/h1,4,6,10,13,15H,2-3,5,7-9,11H2/t13-,15+/m1/s1. The van der Waals surface area contributed by atoms with Gasteiger partial charge in [0.25, 0.3) is 0 Å². The maximum absolute atomic E-state index is 13.6. The molecule has 1 aliphatic heterocycles. The van der Waals surface area contributed by atoms with Gasteiger partial charge in [-0.05, 0) is 43.4 Å². The molecule has 1 saturated carbocycles. The van der Waals surface area contributed by atoms with Crippen molar-refractivity contribution in [2.75, 3.05) is 6.54 Å². The van der Waals surface area contributed by atoms with Crippen molar-refractivity contribution in [1.29, 1.82) is 0 Å². The summed E-state index contributed by atoms with van der Waals surface area (Å²) in [6.07, 6.45) is 2.04. The summed E-state index contributed by atoms with van der Waals surface area (Å²) >= 11 is 0. The quantitative estimate of drug-likeness (QED) is 0.797. The summed E-state index contributed by atoms with van der Waals surface area (Å²) < 4.78 is 40.5. The van der Waals surface area contributed by atoms with Gasteiger partial charge in [0.15, 0.2) is 0 Å². The average Bonchev–Trinajstić information content (AvgIpc) is 2.94. The van der Waals surface area contributed by atoms with E-state index in [2.05, 4.69) is 0 Å². The van der Waals surface area contributed by atoms with Crippen molar-refractivity contribution < 1.29 is 18.0 Å². The number of carbonyl (C=O) groups excluding carboxylic acids is 1. The highest BCUT2D eigenvalue weighted by Gasteiger charge is 2.42. The first kappa shape index (κ1) is 15.4. The molecule has 22 heavy (non-hydrogen) atoms. The second kappa shape index (κ2) is 5.94. The van der Waals surface area contributed by atoms with Crippen LogP contribution in [0.5, 0.6) is 0 Å². The summed E-state index contributed by atoms with van der Waals surface area (Å²) in [7, 11) is 0. The zero-order chi connectivity index (χ0) is 15.7. The zero-order valence-corrected chi connectivity index (χ0v) is 12.4. The van der Waals surface area contributed by atoms with Crippen molar-refractivity contribution in [2.45, 2.75) is 50.5 Å². The smallest absolute Gasteiger partial charge is 0.248 e. The molecule has 0 aromatic heterocycles. The van der Waals surface area contributed by atoms with Gasteiger partial charge in [-0.3, -0.25) is 4.79 Å². The van der Waals surface area contributed by atoms with E-state index in [1.165, 1.54) is 12.1 Å². The first-order valence-corrected chi connectivity index (χ1v) is 7.90. The van der Waals surface area contributed by atoms with E-state index in [1.807, 2.05) is 0 Å². The number of amides is 1. The van der Waals surface area contributed by atoms with Gasteiger partial charge in [-0.2, -0.15) is 0 Å². The molecule has 1 saturated heterocycles. The largest absolute Gasteiger partial charge is 0.335 e. The van der Waals surface area contributed by atoms with Crippen molar-refractivity contribution in [3.8, 4) is 0 Å². The highest BCUT2D eigenvalue weighted by atomic mass is 19.3. The molecule has 0 radical (unpaired) electrons. The first-order valence-electron chi connectivity index (χ1n) is 7.90. The number of likely N-dealkylation sites (tertiary alicyclic amines) is 1. The molecule has 2 aliphatic rings. The molecule has 3 rings (SSSR count). The monoisotopic (exact) mass is 311 g/mol. The molecule has 1 amide bonds. The van der Waals surface area contributed by atoms with Crippen molar-refractivity contribution >= 4 is 5.91 Å². The molecule has 0 spiro atoms. The van der Waals surface area contributed by atoms with Gasteiger partial charge in [-0.15, -0.1) is 0 Å². The Hall–Kier alpha value is -1.52. The molecule has 1 aliphatic carbocycles. The van der Waals surface area contributed by atoms with Crippen molar-refractivity contribution in [3.05, 3.63) is 35.6 Å². The SMILES string of the molecule is O=C([C@@H]1CCCC(F)(F)C1)N1CCC[C@H]1c1cccc(F)c1. The van der Waals surface area contributed by atoms with Gasteiger partial charge in [-0.25, -0.2) is 13.2 Å². The van der Waals surface area contributed by atoms with E-state index < -0.39 is 11.8 Å². The van der Waals surface area contributed by atoms with E-state index in [-0.39, 0.29) is 30.6 Å². The normalized spacial score (nSPS) is 27.9. The molecule has 1 aromatic rings. The molecular formula is C17H20F3NO. The van der Waals surface area contributed by atoms with Crippen LogP contribution in [-0.2, 0) is 4.79 Å². The average molecular weight is 311 g/mol. The van der Waals surface area contributed by atoms with E-state index in [0.717, 1.165) is 18.4 Å². The number of halogens is 3. The zero-order valence-electron chi connectivity index (χ0n) is 12.4. The molecule has 1 aromatic carbocycles. The molecule has 2 fully saturated rings. The van der Waals surface area contributed by atoms with Crippen LogP contribution in [-0.4, -0.2) is 23.3 Å². The van der Waals surface area contributed by atoms with E-state index in [1.54, 1.807) is 17.0 Å². The van der Waals surface area contributed by atoms with Crippen LogP contribution >= 0.6 is 0 Å². The lowest BCUT2D eigenvalue weighted by atomic mass is 9.85. The number of alkyl halides is 2. The molecule has 2 atom stereocenters. The fourth-order valence-electron chi connectivity index (χ4n) is 3.71. The Kier molecular flexibility index (Phi) is 4.15. The Morgan fingerprint density at radius 1 is 1.23 bits per heavy atom. The lowest BCUT2D eigenvalue weighted by molar-refractivity contribution is -0.143. The molecular weight excluding hydrogens is 291 g/mol. The third kappa shape index (κ3) is 3.13. The van der Waals surface area contributed by atoms with Crippen molar-refractivity contribution in [3.63, 3.8) is 0 Å². The number of nitrogens with zero attached hydrogens (tertiary/aromatic N) is 1. The minimum Gasteiger partial charge on any atom is -0.335 e. The van der Waals surface area contributed by atoms with E-state index in [9.17, 15) is 18.0 Å². The molecule has 0 bridgehead atoms. The number of hydrogen-bond acceptors (Lipinski definition) is 1. The van der Waals surface area contributed by atoms with Gasteiger partial charge in [0, 0.05) is 25.3 Å². The van der Waals surface area contributed by atoms with Gasteiger partial charge < -0.3 is 4.90 Å². The summed E-state index contributed by atoms with van der Waals surface area (Å²) in [5.74, 6) is -3.85. The van der Waals surface area contributed by atoms with Crippen LogP contribution < -0.4 is 0 Å². The molecule has 1 heterocycles. The Bertz CT molecular complexity index is 561. The third-order valence-electron chi connectivity index (χ3n) is 4.76. The molecule has 5 heteroatoms. The Labute approximate surface area is 128 Å². The molecule has 0 N–H and O–H groups in total. The lowest BCUT2D eigenvalue weighted by Gasteiger charge is -2.33. The van der Waals surface area contributed by atoms with Crippen molar-refractivity contribution in [1.82, 2.24) is 4.90 Å². The topological polar surface area (TPSA) is 20.3 Å². The summed E-state index contributed by atoms with van der Waals surface area (Å²) in [5, 5.41) is 0. The summed E-state index contributed by atoms with van der Waals surface area (Å²) in [6.45, 7) is 0.572. The van der Waals surface area contributed by atoms with E-state index in [4.69, 9.17) is 0 Å². The van der Waals surface area contributed by atoms with Gasteiger partial charge >= 0.3 is 0 Å². The number of benzene rings is 1. The molecule has 0 unspecified atom stereocenters. The van der Waals surface area contributed by atoms with E-state index >= 15 is 0 Å². The second-order valence-electron chi connectivity index (χ2n) is 6.39. The Morgan fingerprint density at radius 2 is 2.05 bits per heavy atom. The summed E-state index contributed by atoms with van der Waals surface area (Å²) in [5.41, 5.74) is 0.758. The number of carbonyl (C=O) groups is 1. The minimum absolute atomic E-state index is 0.121. The van der Waals surface area contributed by atoms with Gasteiger partial charge in [0.1, 0.15) is 5.82 Å². The van der Waals surface area contributed by atoms with Gasteiger partial charge in [0.2, 0.25) is 11.8 Å². The number of rotatable bonds is 2. The summed E-state index contributed by atoms with van der Waals surface area (Å²) in [4.78, 5) is 14.3. The molecule has 2 nitrogen and oxygen atoms in total. The predicted molar refractivity (Wildman–Crippen MR) is 77.0 cm³/mol. The van der Waals surface area contributed by atoms with Crippen LogP contribution in [0.2, 0.25) is 0 Å². The molecule has 120 valence electrons.